The van der Waals surface area contributed by atoms with Gasteiger partial charge in [0.15, 0.2) is 6.10 Å². The van der Waals surface area contributed by atoms with Crippen LogP contribution < -0.4 is 15.4 Å². The van der Waals surface area contributed by atoms with Crippen LogP contribution in [-0.2, 0) is 35.1 Å². The van der Waals surface area contributed by atoms with Crippen LogP contribution in [-0.4, -0.2) is 55.7 Å². The Morgan fingerprint density at radius 1 is 1.04 bits per heavy atom. The van der Waals surface area contributed by atoms with Gasteiger partial charge in [0.2, 0.25) is 11.8 Å². The van der Waals surface area contributed by atoms with E-state index in [1.54, 1.807) is 24.3 Å². The number of methoxy groups -OCH3 is 1. The van der Waals surface area contributed by atoms with Gasteiger partial charge >= 0.3 is 11.9 Å². The van der Waals surface area contributed by atoms with Crippen molar-refractivity contribution in [1.29, 1.82) is 0 Å². The fourth-order valence-corrected chi connectivity index (χ4v) is 5.50. The number of ether oxygens (including phenoxy) is 3. The average molecular weight is 651 g/mol. The van der Waals surface area contributed by atoms with Gasteiger partial charge in [0, 0.05) is 25.3 Å². The van der Waals surface area contributed by atoms with Gasteiger partial charge in [0.1, 0.15) is 17.9 Å². The molecule has 0 aromatic heterocycles. The van der Waals surface area contributed by atoms with E-state index < -0.39 is 47.4 Å². The zero-order chi connectivity index (χ0) is 33.3. The molecule has 2 aliphatic rings. The average Bonchev–Trinajstić information content (AvgIpc) is 3.82. The first-order valence-corrected chi connectivity index (χ1v) is 16.1. The van der Waals surface area contributed by atoms with Crippen molar-refractivity contribution in [2.45, 2.75) is 71.1 Å². The molecule has 1 aliphatic heterocycles. The Morgan fingerprint density at radius 3 is 2.43 bits per heavy atom. The van der Waals surface area contributed by atoms with Gasteiger partial charge < -0.3 is 24.8 Å². The molecule has 0 bridgehead atoms. The van der Waals surface area contributed by atoms with E-state index in [1.807, 2.05) is 63.3 Å². The van der Waals surface area contributed by atoms with Crippen molar-refractivity contribution in [2.75, 3.05) is 13.7 Å². The highest BCUT2D eigenvalue weighted by Crippen LogP contribution is 2.46. The fourth-order valence-electron chi connectivity index (χ4n) is 5.22. The number of nitrogens with one attached hydrogen (secondary N) is 2. The Kier molecular flexibility index (Phi) is 12.0. The standard InChI is InChI=1S/C36H43ClN2O7/c1-23(2)19-31-34(42)45-29(24(3)13-14-25-9-6-5-7-10-25)11-8-12-32(40)39-28(21-26-15-16-30(44-4)27(37)20-26)33(41)38-22-36(17-18-36)35(43)46-31/h5-10,12-16,20,23-24,28-29,31H,11,17-19,21-22H2,1-4H3,(H,38,41)(H,39,40)/t24-,28-,29+,31+/m1/s1. The lowest BCUT2D eigenvalue weighted by molar-refractivity contribution is -0.176. The highest BCUT2D eigenvalue weighted by Gasteiger charge is 2.53. The second-order valence-electron chi connectivity index (χ2n) is 12.5. The van der Waals surface area contributed by atoms with Crippen LogP contribution in [0.2, 0.25) is 5.02 Å². The first-order chi connectivity index (χ1) is 22.0. The molecule has 2 aromatic carbocycles. The summed E-state index contributed by atoms with van der Waals surface area (Å²) in [6.45, 7) is 5.82. The third kappa shape index (κ3) is 9.69. The van der Waals surface area contributed by atoms with Crippen molar-refractivity contribution in [3.63, 3.8) is 0 Å². The molecule has 2 amide bonds. The number of cyclic esters (lactones) is 2. The molecule has 0 radical (unpaired) electrons. The highest BCUT2D eigenvalue weighted by molar-refractivity contribution is 6.32. The van der Waals surface area contributed by atoms with Crippen LogP contribution in [0.25, 0.3) is 6.08 Å². The lowest BCUT2D eigenvalue weighted by atomic mass is 9.99. The van der Waals surface area contributed by atoms with E-state index in [0.717, 1.165) is 5.56 Å². The Hall–Kier alpha value is -4.11. The van der Waals surface area contributed by atoms with Gasteiger partial charge in [-0.25, -0.2) is 4.79 Å². The minimum atomic E-state index is -1.10. The molecule has 0 unspecified atom stereocenters. The molecule has 1 heterocycles. The minimum Gasteiger partial charge on any atom is -0.495 e. The first kappa shape index (κ1) is 34.8. The molecule has 2 aromatic rings. The van der Waals surface area contributed by atoms with Crippen molar-refractivity contribution >= 4 is 41.4 Å². The van der Waals surface area contributed by atoms with Crippen molar-refractivity contribution in [3.8, 4) is 5.75 Å². The van der Waals surface area contributed by atoms with E-state index in [-0.39, 0.29) is 31.2 Å². The minimum absolute atomic E-state index is 0.0175. The Labute approximate surface area is 275 Å². The molecule has 1 aliphatic carbocycles. The smallest absolute Gasteiger partial charge is 0.347 e. The summed E-state index contributed by atoms with van der Waals surface area (Å²) in [6, 6.07) is 14.0. The van der Waals surface area contributed by atoms with Crippen LogP contribution >= 0.6 is 11.6 Å². The molecule has 4 rings (SSSR count). The van der Waals surface area contributed by atoms with Crippen LogP contribution in [0.5, 0.6) is 5.75 Å². The highest BCUT2D eigenvalue weighted by atomic mass is 35.5. The van der Waals surface area contributed by atoms with Gasteiger partial charge in [-0.15, -0.1) is 0 Å². The van der Waals surface area contributed by atoms with Crippen molar-refractivity contribution in [1.82, 2.24) is 10.6 Å². The molecule has 246 valence electrons. The number of carbonyl (C=O) groups excluding carboxylic acids is 4. The Bertz CT molecular complexity index is 1450. The van der Waals surface area contributed by atoms with Crippen LogP contribution in [0, 0.1) is 17.3 Å². The van der Waals surface area contributed by atoms with Crippen molar-refractivity contribution in [3.05, 3.63) is 82.9 Å². The number of rotatable bonds is 8. The normalized spacial score (nSPS) is 23.0. The van der Waals surface area contributed by atoms with E-state index in [0.29, 0.717) is 35.6 Å². The van der Waals surface area contributed by atoms with Gasteiger partial charge in [-0.1, -0.05) is 87.0 Å². The quantitative estimate of drug-likeness (QED) is 0.365. The molecule has 10 heteroatoms. The van der Waals surface area contributed by atoms with E-state index in [4.69, 9.17) is 25.8 Å². The third-order valence-electron chi connectivity index (χ3n) is 8.26. The maximum absolute atomic E-state index is 13.5. The van der Waals surface area contributed by atoms with Crippen LogP contribution in [0.4, 0.5) is 0 Å². The molecule has 9 nitrogen and oxygen atoms in total. The number of hydrogen-bond acceptors (Lipinski definition) is 7. The summed E-state index contributed by atoms with van der Waals surface area (Å²) in [6.07, 6.45) is 6.80. The second-order valence-corrected chi connectivity index (χ2v) is 12.9. The number of benzene rings is 2. The molecule has 46 heavy (non-hydrogen) atoms. The molecule has 1 fully saturated rings. The molecular weight excluding hydrogens is 608 g/mol. The summed E-state index contributed by atoms with van der Waals surface area (Å²) < 4.78 is 17.0. The summed E-state index contributed by atoms with van der Waals surface area (Å²) >= 11 is 6.32. The number of hydrogen-bond donors (Lipinski definition) is 2. The summed E-state index contributed by atoms with van der Waals surface area (Å²) in [5.74, 6) is -1.80. The maximum atomic E-state index is 13.5. The molecule has 4 atom stereocenters. The van der Waals surface area contributed by atoms with E-state index in [1.165, 1.54) is 13.2 Å². The van der Waals surface area contributed by atoms with E-state index >= 15 is 0 Å². The number of amides is 2. The molecule has 1 saturated carbocycles. The largest absolute Gasteiger partial charge is 0.495 e. The van der Waals surface area contributed by atoms with Gasteiger partial charge in [-0.3, -0.25) is 14.4 Å². The van der Waals surface area contributed by atoms with Crippen LogP contribution in [0.1, 0.15) is 57.6 Å². The zero-order valence-electron chi connectivity index (χ0n) is 26.8. The van der Waals surface area contributed by atoms with Gasteiger partial charge in [0.25, 0.3) is 0 Å². The molecule has 1 spiro atoms. The summed E-state index contributed by atoms with van der Waals surface area (Å²) in [7, 11) is 1.51. The topological polar surface area (TPSA) is 120 Å². The number of carbonyl (C=O) groups is 4. The summed E-state index contributed by atoms with van der Waals surface area (Å²) in [5.41, 5.74) is 0.769. The molecular formula is C36H43ClN2O7. The summed E-state index contributed by atoms with van der Waals surface area (Å²) in [4.78, 5) is 53.4. The van der Waals surface area contributed by atoms with Crippen LogP contribution in [0.3, 0.4) is 0 Å². The zero-order valence-corrected chi connectivity index (χ0v) is 27.5. The SMILES string of the molecule is COc1ccc(C[C@H]2NC(=O)C=CC[C@@H]([C@H](C)C=Cc3ccccc3)OC(=O)[C@H](CC(C)C)OC(=O)C3(CC3)CNC2=O)cc1Cl. The van der Waals surface area contributed by atoms with Crippen LogP contribution in [0.15, 0.2) is 66.8 Å². The van der Waals surface area contributed by atoms with Gasteiger partial charge in [-0.05, 0) is 54.5 Å². The lowest BCUT2D eigenvalue weighted by Gasteiger charge is -2.27. The van der Waals surface area contributed by atoms with E-state index in [2.05, 4.69) is 10.6 Å². The fraction of sp³-hybridized carbons (Fsp3) is 0.444. The van der Waals surface area contributed by atoms with Gasteiger partial charge in [0.05, 0.1) is 17.5 Å². The predicted octanol–water partition coefficient (Wildman–Crippen LogP) is 5.45. The van der Waals surface area contributed by atoms with Crippen molar-refractivity contribution in [2.24, 2.45) is 17.3 Å². The molecule has 0 saturated heterocycles. The number of halogens is 1. The number of esters is 2. The third-order valence-corrected chi connectivity index (χ3v) is 8.55. The van der Waals surface area contributed by atoms with Crippen molar-refractivity contribution < 1.29 is 33.4 Å². The predicted molar refractivity (Wildman–Crippen MR) is 176 cm³/mol. The lowest BCUT2D eigenvalue weighted by Crippen LogP contribution is -2.49. The second kappa shape index (κ2) is 15.9. The maximum Gasteiger partial charge on any atom is 0.347 e. The van der Waals surface area contributed by atoms with E-state index in [9.17, 15) is 19.2 Å². The molecule has 2 N–H and O–H groups in total. The Balaban J connectivity index is 1.61. The monoisotopic (exact) mass is 650 g/mol. The first-order valence-electron chi connectivity index (χ1n) is 15.7. The summed E-state index contributed by atoms with van der Waals surface area (Å²) in [5, 5.41) is 6.00. The van der Waals surface area contributed by atoms with Gasteiger partial charge in [-0.2, -0.15) is 0 Å². The Morgan fingerprint density at radius 2 is 1.78 bits per heavy atom.